The van der Waals surface area contributed by atoms with Crippen LogP contribution in [0.1, 0.15) is 5.56 Å². The molecule has 1 N–H and O–H groups in total. The average Bonchev–Trinajstić information content (AvgIpc) is 2.89. The summed E-state index contributed by atoms with van der Waals surface area (Å²) in [6, 6.07) is 12.3. The van der Waals surface area contributed by atoms with E-state index in [1.54, 1.807) is 0 Å². The third-order valence-corrected chi connectivity index (χ3v) is 5.69. The molecule has 1 heterocycles. The van der Waals surface area contributed by atoms with Gasteiger partial charge in [0, 0.05) is 33.4 Å². The fraction of sp³-hybridized carbons (Fsp3) is 0.278. The number of hydrogen-bond acceptors (Lipinski definition) is 5. The van der Waals surface area contributed by atoms with E-state index in [1.807, 2.05) is 43.3 Å². The van der Waals surface area contributed by atoms with Gasteiger partial charge in [-0.2, -0.15) is 0 Å². The van der Waals surface area contributed by atoms with Gasteiger partial charge in [-0.3, -0.25) is 4.57 Å². The summed E-state index contributed by atoms with van der Waals surface area (Å²) in [5.41, 5.74) is 2.94. The summed E-state index contributed by atoms with van der Waals surface area (Å²) in [4.78, 5) is 13.6. The number of sulfonamides is 1. The third kappa shape index (κ3) is 3.66. The summed E-state index contributed by atoms with van der Waals surface area (Å²) in [7, 11) is 1.81. The van der Waals surface area contributed by atoms with Crippen molar-refractivity contribution in [3.63, 3.8) is 0 Å². The Kier molecular flexibility index (Phi) is 4.88. The van der Waals surface area contributed by atoms with E-state index in [2.05, 4.69) is 4.72 Å². The number of anilines is 1. The summed E-state index contributed by atoms with van der Waals surface area (Å²) in [5.74, 6) is -0.524. The standard InChI is InChI=1S/C18H21N3O4S/c1-20(2)14-6-4-13(5-7-14)10-11-19-26(23,24)15-8-9-17-16(12-15)21(3)18(22)25-17/h4-9,12,19H,10-11H2,1-3H3. The lowest BCUT2D eigenvalue weighted by atomic mass is 10.1. The maximum atomic E-state index is 12.5. The van der Waals surface area contributed by atoms with Gasteiger partial charge < -0.3 is 9.32 Å². The zero-order valence-corrected chi connectivity index (χ0v) is 15.7. The van der Waals surface area contributed by atoms with Crippen LogP contribution in [0.15, 0.2) is 56.6 Å². The second kappa shape index (κ2) is 6.97. The maximum absolute atomic E-state index is 12.5. The highest BCUT2D eigenvalue weighted by molar-refractivity contribution is 7.89. The number of oxazole rings is 1. The summed E-state index contributed by atoms with van der Waals surface area (Å²) >= 11 is 0. The number of hydrogen-bond donors (Lipinski definition) is 1. The van der Waals surface area contributed by atoms with Crippen LogP contribution < -0.4 is 15.4 Å². The van der Waals surface area contributed by atoms with Gasteiger partial charge in [0.25, 0.3) is 0 Å². The zero-order chi connectivity index (χ0) is 18.9. The van der Waals surface area contributed by atoms with Crippen LogP contribution in [-0.4, -0.2) is 33.6 Å². The lowest BCUT2D eigenvalue weighted by Crippen LogP contribution is -2.26. The van der Waals surface area contributed by atoms with Crippen LogP contribution in [0.25, 0.3) is 11.1 Å². The molecular weight excluding hydrogens is 354 g/mol. The minimum atomic E-state index is -3.67. The minimum Gasteiger partial charge on any atom is -0.408 e. The molecule has 0 saturated heterocycles. The maximum Gasteiger partial charge on any atom is 0.419 e. The van der Waals surface area contributed by atoms with Crippen LogP contribution in [-0.2, 0) is 23.5 Å². The molecule has 8 heteroatoms. The van der Waals surface area contributed by atoms with E-state index in [0.29, 0.717) is 17.5 Å². The summed E-state index contributed by atoms with van der Waals surface area (Å²) in [5, 5.41) is 0. The Balaban J connectivity index is 1.71. The van der Waals surface area contributed by atoms with E-state index in [1.165, 1.54) is 29.8 Å². The predicted octanol–water partition coefficient (Wildman–Crippen LogP) is 1.72. The Morgan fingerprint density at radius 1 is 1.12 bits per heavy atom. The number of aromatic nitrogens is 1. The van der Waals surface area contributed by atoms with Crippen molar-refractivity contribution in [3.8, 4) is 0 Å². The summed E-state index contributed by atoms with van der Waals surface area (Å²) < 4.78 is 33.9. The molecule has 0 fully saturated rings. The quantitative estimate of drug-likeness (QED) is 0.709. The SMILES string of the molecule is CN(C)c1ccc(CCNS(=O)(=O)c2ccc3oc(=O)n(C)c3c2)cc1. The Morgan fingerprint density at radius 2 is 1.81 bits per heavy atom. The molecule has 0 atom stereocenters. The van der Waals surface area contributed by atoms with E-state index in [9.17, 15) is 13.2 Å². The van der Waals surface area contributed by atoms with Crippen molar-refractivity contribution < 1.29 is 12.8 Å². The first-order valence-corrected chi connectivity index (χ1v) is 9.62. The molecule has 0 aliphatic rings. The van der Waals surface area contributed by atoms with E-state index >= 15 is 0 Å². The smallest absolute Gasteiger partial charge is 0.408 e. The number of benzene rings is 2. The highest BCUT2D eigenvalue weighted by Crippen LogP contribution is 2.18. The lowest BCUT2D eigenvalue weighted by molar-refractivity contribution is 0.528. The molecule has 2 aromatic carbocycles. The van der Waals surface area contributed by atoms with Gasteiger partial charge in [0.1, 0.15) is 0 Å². The molecule has 0 bridgehead atoms. The topological polar surface area (TPSA) is 84.6 Å². The number of fused-ring (bicyclic) bond motifs is 1. The van der Waals surface area contributed by atoms with Gasteiger partial charge in [-0.05, 0) is 42.3 Å². The van der Waals surface area contributed by atoms with Crippen LogP contribution in [0.5, 0.6) is 0 Å². The fourth-order valence-electron chi connectivity index (χ4n) is 2.65. The molecule has 0 amide bonds. The van der Waals surface area contributed by atoms with Crippen molar-refractivity contribution in [1.82, 2.24) is 9.29 Å². The molecule has 0 aliphatic heterocycles. The molecule has 3 aromatic rings. The number of nitrogens with zero attached hydrogens (tertiary/aromatic N) is 2. The van der Waals surface area contributed by atoms with Gasteiger partial charge in [-0.25, -0.2) is 17.9 Å². The average molecular weight is 375 g/mol. The van der Waals surface area contributed by atoms with Crippen LogP contribution in [0.3, 0.4) is 0 Å². The van der Waals surface area contributed by atoms with Crippen molar-refractivity contribution in [2.24, 2.45) is 7.05 Å². The van der Waals surface area contributed by atoms with E-state index in [-0.39, 0.29) is 11.4 Å². The van der Waals surface area contributed by atoms with Gasteiger partial charge in [0.2, 0.25) is 10.0 Å². The predicted molar refractivity (Wildman–Crippen MR) is 101 cm³/mol. The Labute approximate surface area is 151 Å². The van der Waals surface area contributed by atoms with E-state index in [4.69, 9.17) is 4.42 Å². The molecule has 3 rings (SSSR count). The summed E-state index contributed by atoms with van der Waals surface area (Å²) in [6.07, 6.45) is 0.583. The Hall–Kier alpha value is -2.58. The number of aryl methyl sites for hydroxylation is 1. The highest BCUT2D eigenvalue weighted by Gasteiger charge is 2.16. The monoisotopic (exact) mass is 375 g/mol. The van der Waals surface area contributed by atoms with Crippen molar-refractivity contribution in [2.45, 2.75) is 11.3 Å². The first-order chi connectivity index (χ1) is 12.3. The van der Waals surface area contributed by atoms with Gasteiger partial charge >= 0.3 is 5.76 Å². The molecular formula is C18H21N3O4S. The van der Waals surface area contributed by atoms with Crippen molar-refractivity contribution in [1.29, 1.82) is 0 Å². The second-order valence-electron chi connectivity index (χ2n) is 6.27. The molecule has 26 heavy (non-hydrogen) atoms. The zero-order valence-electron chi connectivity index (χ0n) is 14.9. The van der Waals surface area contributed by atoms with Crippen LogP contribution >= 0.6 is 0 Å². The first kappa shape index (κ1) is 18.2. The summed E-state index contributed by atoms with van der Waals surface area (Å²) in [6.45, 7) is 0.284. The highest BCUT2D eigenvalue weighted by atomic mass is 32.2. The molecule has 0 saturated carbocycles. The van der Waals surface area contributed by atoms with Gasteiger partial charge in [0.15, 0.2) is 5.58 Å². The van der Waals surface area contributed by atoms with Crippen molar-refractivity contribution >= 4 is 26.8 Å². The van der Waals surface area contributed by atoms with Crippen molar-refractivity contribution in [2.75, 3.05) is 25.5 Å². The number of nitrogens with one attached hydrogen (secondary N) is 1. The minimum absolute atomic E-state index is 0.101. The molecule has 0 spiro atoms. The van der Waals surface area contributed by atoms with E-state index in [0.717, 1.165) is 11.3 Å². The molecule has 138 valence electrons. The van der Waals surface area contributed by atoms with Gasteiger partial charge in [-0.1, -0.05) is 12.1 Å². The van der Waals surface area contributed by atoms with Crippen LogP contribution in [0.4, 0.5) is 5.69 Å². The lowest BCUT2D eigenvalue weighted by Gasteiger charge is -2.12. The van der Waals surface area contributed by atoms with Crippen LogP contribution in [0, 0.1) is 0 Å². The van der Waals surface area contributed by atoms with Crippen molar-refractivity contribution in [3.05, 3.63) is 58.6 Å². The van der Waals surface area contributed by atoms with Gasteiger partial charge in [-0.15, -0.1) is 0 Å². The Morgan fingerprint density at radius 3 is 2.46 bits per heavy atom. The molecule has 0 aliphatic carbocycles. The molecule has 7 nitrogen and oxygen atoms in total. The van der Waals surface area contributed by atoms with E-state index < -0.39 is 15.8 Å². The Bertz CT molecular complexity index is 1080. The molecule has 1 aromatic heterocycles. The second-order valence-corrected chi connectivity index (χ2v) is 8.03. The molecule has 0 unspecified atom stereocenters. The fourth-order valence-corrected chi connectivity index (χ4v) is 3.70. The normalized spacial score (nSPS) is 11.8. The van der Waals surface area contributed by atoms with Gasteiger partial charge in [0.05, 0.1) is 10.4 Å². The molecule has 0 radical (unpaired) electrons. The third-order valence-electron chi connectivity index (χ3n) is 4.23. The number of rotatable bonds is 6. The van der Waals surface area contributed by atoms with Crippen LogP contribution in [0.2, 0.25) is 0 Å². The first-order valence-electron chi connectivity index (χ1n) is 8.13. The largest absolute Gasteiger partial charge is 0.419 e.